The number of carbonyl (C=O) groups excluding carboxylic acids is 2. The Labute approximate surface area is 278 Å². The van der Waals surface area contributed by atoms with Crippen LogP contribution in [0.1, 0.15) is 30.0 Å². The number of hydrogen-bond donors (Lipinski definition) is 3. The second-order valence-corrected chi connectivity index (χ2v) is 13.6. The van der Waals surface area contributed by atoms with Crippen molar-refractivity contribution in [2.45, 2.75) is 37.8 Å². The Morgan fingerprint density at radius 2 is 1.77 bits per heavy atom. The van der Waals surface area contributed by atoms with Crippen molar-refractivity contribution in [2.24, 2.45) is 5.92 Å². The van der Waals surface area contributed by atoms with Crippen molar-refractivity contribution in [3.63, 3.8) is 0 Å². The summed E-state index contributed by atoms with van der Waals surface area (Å²) in [6, 6.07) is 20.3. The molecule has 2 atom stereocenters. The molecule has 0 saturated carbocycles. The van der Waals surface area contributed by atoms with Crippen LogP contribution in [0.25, 0.3) is 21.9 Å². The number of likely N-dealkylation sites (tertiary alicyclic amines) is 1. The summed E-state index contributed by atoms with van der Waals surface area (Å²) in [7, 11) is 4.09. The molecule has 0 spiro atoms. The smallest absolute Gasteiger partial charge is 0.326 e. The van der Waals surface area contributed by atoms with Gasteiger partial charge in [-0.2, -0.15) is 0 Å². The molecule has 3 aromatic carbocycles. The van der Waals surface area contributed by atoms with Gasteiger partial charge in [-0.1, -0.05) is 48.0 Å². The fraction of sp³-hybridized carbons (Fsp3) is 0.361. The van der Waals surface area contributed by atoms with E-state index in [9.17, 15) is 14.4 Å². The normalized spacial score (nSPS) is 17.7. The van der Waals surface area contributed by atoms with Crippen LogP contribution in [0.3, 0.4) is 0 Å². The summed E-state index contributed by atoms with van der Waals surface area (Å²) in [6.07, 6.45) is 4.39. The quantitative estimate of drug-likeness (QED) is 0.225. The first-order valence-electron chi connectivity index (χ1n) is 16.3. The van der Waals surface area contributed by atoms with Gasteiger partial charge < -0.3 is 30.0 Å². The van der Waals surface area contributed by atoms with E-state index in [0.29, 0.717) is 43.9 Å². The third-order valence-corrected chi connectivity index (χ3v) is 9.85. The molecule has 0 radical (unpaired) electrons. The number of imidazole rings is 1. The van der Waals surface area contributed by atoms with Crippen molar-refractivity contribution in [3.8, 4) is 0 Å². The number of halogens is 1. The van der Waals surface area contributed by atoms with Gasteiger partial charge in [-0.25, -0.2) is 9.59 Å². The largest absolute Gasteiger partial charge is 0.361 e. The number of fused-ring (bicyclic) bond motifs is 3. The molecular formula is C36H40ClN7O3. The van der Waals surface area contributed by atoms with Crippen LogP contribution in [0.4, 0.5) is 10.5 Å². The number of carbonyl (C=O) groups is 2. The van der Waals surface area contributed by atoms with Crippen LogP contribution in [-0.4, -0.2) is 82.6 Å². The predicted octanol–water partition coefficient (Wildman–Crippen LogP) is 5.19. The number of nitrogens with zero attached hydrogens (tertiary/aromatic N) is 4. The summed E-state index contributed by atoms with van der Waals surface area (Å²) in [5.41, 5.74) is 5.38. The van der Waals surface area contributed by atoms with Crippen LogP contribution in [0.2, 0.25) is 5.02 Å². The minimum atomic E-state index is -0.805. The Morgan fingerprint density at radius 3 is 2.55 bits per heavy atom. The van der Waals surface area contributed by atoms with E-state index in [1.807, 2.05) is 96.5 Å². The molecule has 47 heavy (non-hydrogen) atoms. The van der Waals surface area contributed by atoms with E-state index in [1.165, 1.54) is 0 Å². The van der Waals surface area contributed by atoms with Gasteiger partial charge in [0.15, 0.2) is 0 Å². The molecule has 1 saturated heterocycles. The predicted molar refractivity (Wildman–Crippen MR) is 186 cm³/mol. The van der Waals surface area contributed by atoms with Crippen LogP contribution in [0, 0.1) is 5.92 Å². The third kappa shape index (κ3) is 6.27. The lowest BCUT2D eigenvalue weighted by atomic mass is 9.91. The third-order valence-electron chi connectivity index (χ3n) is 9.61. The lowest BCUT2D eigenvalue weighted by Crippen LogP contribution is -2.56. The highest BCUT2D eigenvalue weighted by atomic mass is 35.5. The molecule has 244 valence electrons. The number of rotatable bonds is 7. The molecule has 7 rings (SSSR count). The van der Waals surface area contributed by atoms with E-state index >= 15 is 0 Å². The molecule has 5 aromatic rings. The van der Waals surface area contributed by atoms with E-state index in [2.05, 4.69) is 20.2 Å². The molecule has 0 bridgehead atoms. The zero-order valence-electron chi connectivity index (χ0n) is 26.7. The van der Waals surface area contributed by atoms with Gasteiger partial charge in [-0.3, -0.25) is 9.36 Å². The van der Waals surface area contributed by atoms with Crippen LogP contribution in [0.15, 0.2) is 77.7 Å². The van der Waals surface area contributed by atoms with Crippen molar-refractivity contribution >= 4 is 51.2 Å². The lowest BCUT2D eigenvalue weighted by Gasteiger charge is -2.38. The maximum Gasteiger partial charge on any atom is 0.326 e. The fourth-order valence-electron chi connectivity index (χ4n) is 7.45. The molecule has 1 fully saturated rings. The van der Waals surface area contributed by atoms with E-state index < -0.39 is 6.04 Å². The van der Waals surface area contributed by atoms with Gasteiger partial charge in [0, 0.05) is 66.5 Å². The molecule has 3 N–H and O–H groups in total. The number of piperidine rings is 1. The van der Waals surface area contributed by atoms with Crippen molar-refractivity contribution in [2.75, 3.05) is 45.2 Å². The first-order chi connectivity index (χ1) is 22.7. The maximum atomic E-state index is 14.6. The Kier molecular flexibility index (Phi) is 8.55. The second kappa shape index (κ2) is 12.9. The zero-order chi connectivity index (χ0) is 32.7. The van der Waals surface area contributed by atoms with E-state index in [4.69, 9.17) is 11.6 Å². The highest BCUT2D eigenvalue weighted by Gasteiger charge is 2.35. The standard InChI is InChI=1S/C36H40ClN7O3/c1-41(2)21-23-17-24-11-12-26(37)19-33(24)43(22-23)34(45)31(18-25-20-38-29-8-4-3-7-28(25)29)40-35(46)42-15-13-27(14-16-42)44-32-10-6-5-9-30(32)39-36(44)47/h3-12,19-20,23,27,31,38H,13-18,21-22H2,1-2H3,(H,39,47)(H,40,46). The number of nitrogens with one attached hydrogen (secondary N) is 3. The average Bonchev–Trinajstić information content (AvgIpc) is 3.63. The number of hydrogen-bond acceptors (Lipinski definition) is 4. The Balaban J connectivity index is 1.14. The first kappa shape index (κ1) is 31.1. The number of benzene rings is 3. The Morgan fingerprint density at radius 1 is 1.02 bits per heavy atom. The van der Waals surface area contributed by atoms with Gasteiger partial charge in [0.2, 0.25) is 5.91 Å². The minimum Gasteiger partial charge on any atom is -0.361 e. The first-order valence-corrected chi connectivity index (χ1v) is 16.7. The average molecular weight is 654 g/mol. The topological polar surface area (TPSA) is 109 Å². The summed E-state index contributed by atoms with van der Waals surface area (Å²) in [5, 5.41) is 4.74. The van der Waals surface area contributed by atoms with Gasteiger partial charge in [-0.05, 0) is 80.7 Å². The summed E-state index contributed by atoms with van der Waals surface area (Å²) in [5.74, 6) is 0.0786. The van der Waals surface area contributed by atoms with Crippen molar-refractivity contribution < 1.29 is 9.59 Å². The molecule has 11 heteroatoms. The summed E-state index contributed by atoms with van der Waals surface area (Å²) in [4.78, 5) is 53.4. The molecule has 0 aliphatic carbocycles. The molecule has 2 aromatic heterocycles. The number of urea groups is 1. The van der Waals surface area contributed by atoms with Crippen LogP contribution < -0.4 is 15.9 Å². The number of anilines is 1. The fourth-order valence-corrected chi connectivity index (χ4v) is 7.62. The van der Waals surface area contributed by atoms with E-state index in [1.54, 1.807) is 4.90 Å². The minimum absolute atomic E-state index is 0.0189. The summed E-state index contributed by atoms with van der Waals surface area (Å²) in [6.45, 7) is 2.32. The van der Waals surface area contributed by atoms with E-state index in [-0.39, 0.29) is 29.6 Å². The van der Waals surface area contributed by atoms with Crippen LogP contribution in [0.5, 0.6) is 0 Å². The number of amides is 3. The van der Waals surface area contributed by atoms with Gasteiger partial charge >= 0.3 is 11.7 Å². The van der Waals surface area contributed by atoms with Gasteiger partial charge in [0.05, 0.1) is 11.0 Å². The molecule has 2 unspecified atom stereocenters. The molecule has 10 nitrogen and oxygen atoms in total. The Bertz CT molecular complexity index is 1990. The number of H-pyrrole nitrogens is 2. The van der Waals surface area contributed by atoms with Crippen LogP contribution >= 0.6 is 11.6 Å². The van der Waals surface area contributed by atoms with Crippen LogP contribution in [-0.2, 0) is 17.6 Å². The van der Waals surface area contributed by atoms with Gasteiger partial charge in [-0.15, -0.1) is 0 Å². The van der Waals surface area contributed by atoms with Crippen molar-refractivity contribution in [1.29, 1.82) is 0 Å². The molecule has 4 heterocycles. The number of aromatic nitrogens is 3. The highest BCUT2D eigenvalue weighted by Crippen LogP contribution is 2.34. The van der Waals surface area contributed by atoms with E-state index in [0.717, 1.165) is 51.7 Å². The van der Waals surface area contributed by atoms with Crippen molar-refractivity contribution in [1.82, 2.24) is 29.7 Å². The SMILES string of the molecule is CN(C)CC1Cc2ccc(Cl)cc2N(C(=O)C(Cc2c[nH]c3ccccc23)NC(=O)N2CCC(n3c(=O)[nH]c4ccccc43)CC2)C1. The zero-order valence-corrected chi connectivity index (χ0v) is 27.5. The van der Waals surface area contributed by atoms with Crippen molar-refractivity contribution in [3.05, 3.63) is 99.6 Å². The number of aromatic amines is 2. The Hall–Kier alpha value is -4.54. The molecule has 2 aliphatic heterocycles. The molecule has 2 aliphatic rings. The maximum absolute atomic E-state index is 14.6. The highest BCUT2D eigenvalue weighted by molar-refractivity contribution is 6.31. The molecule has 3 amide bonds. The van der Waals surface area contributed by atoms with Gasteiger partial charge in [0.1, 0.15) is 6.04 Å². The lowest BCUT2D eigenvalue weighted by molar-refractivity contribution is -0.120. The monoisotopic (exact) mass is 653 g/mol. The molecular weight excluding hydrogens is 614 g/mol. The van der Waals surface area contributed by atoms with Gasteiger partial charge in [0.25, 0.3) is 0 Å². The summed E-state index contributed by atoms with van der Waals surface area (Å²) < 4.78 is 1.82. The summed E-state index contributed by atoms with van der Waals surface area (Å²) >= 11 is 6.45. The second-order valence-electron chi connectivity index (χ2n) is 13.2. The number of para-hydroxylation sites is 3.